The zero-order valence-corrected chi connectivity index (χ0v) is 13.4. The number of fused-ring (bicyclic) bond motifs is 1. The zero-order valence-electron chi connectivity index (χ0n) is 13.4. The predicted molar refractivity (Wildman–Crippen MR) is 93.5 cm³/mol. The second-order valence-electron chi connectivity index (χ2n) is 5.11. The number of hydrogen-bond acceptors (Lipinski definition) is 2. The first-order chi connectivity index (χ1) is 10.8. The SMILES string of the molecule is CCNC(=NCCOC)NCCc1ccc2ccccc2c1. The highest BCUT2D eigenvalue weighted by molar-refractivity contribution is 5.83. The van der Waals surface area contributed by atoms with Crippen molar-refractivity contribution in [1.29, 1.82) is 0 Å². The Bertz CT molecular complexity index is 610. The molecule has 118 valence electrons. The maximum atomic E-state index is 5.02. The molecule has 0 heterocycles. The molecule has 2 aromatic carbocycles. The molecule has 22 heavy (non-hydrogen) atoms. The van der Waals surface area contributed by atoms with Crippen LogP contribution in [-0.4, -0.2) is 39.3 Å². The van der Waals surface area contributed by atoms with E-state index in [1.165, 1.54) is 16.3 Å². The standard InChI is InChI=1S/C18H25N3O/c1-3-19-18(21-12-13-22-2)20-11-10-15-8-9-16-6-4-5-7-17(16)14-15/h4-9,14H,3,10-13H2,1-2H3,(H2,19,20,21). The lowest BCUT2D eigenvalue weighted by Gasteiger charge is -2.11. The van der Waals surface area contributed by atoms with Crippen molar-refractivity contribution >= 4 is 16.7 Å². The number of nitrogens with zero attached hydrogens (tertiary/aromatic N) is 1. The molecule has 0 aromatic heterocycles. The lowest BCUT2D eigenvalue weighted by Crippen LogP contribution is -2.38. The molecule has 0 saturated heterocycles. The molecule has 0 aliphatic heterocycles. The van der Waals surface area contributed by atoms with E-state index in [1.54, 1.807) is 7.11 Å². The molecular weight excluding hydrogens is 274 g/mol. The summed E-state index contributed by atoms with van der Waals surface area (Å²) in [6.07, 6.45) is 0.972. The van der Waals surface area contributed by atoms with Crippen molar-refractivity contribution in [2.45, 2.75) is 13.3 Å². The van der Waals surface area contributed by atoms with Gasteiger partial charge in [0.15, 0.2) is 5.96 Å². The largest absolute Gasteiger partial charge is 0.383 e. The van der Waals surface area contributed by atoms with E-state index in [4.69, 9.17) is 4.74 Å². The van der Waals surface area contributed by atoms with E-state index in [-0.39, 0.29) is 0 Å². The van der Waals surface area contributed by atoms with Gasteiger partial charge in [-0.1, -0.05) is 42.5 Å². The van der Waals surface area contributed by atoms with Gasteiger partial charge in [-0.25, -0.2) is 0 Å². The van der Waals surface area contributed by atoms with Gasteiger partial charge in [0.05, 0.1) is 13.2 Å². The van der Waals surface area contributed by atoms with Crippen molar-refractivity contribution in [1.82, 2.24) is 10.6 Å². The first-order valence-corrected chi connectivity index (χ1v) is 7.82. The monoisotopic (exact) mass is 299 g/mol. The fourth-order valence-corrected chi connectivity index (χ4v) is 2.31. The Balaban J connectivity index is 1.88. The van der Waals surface area contributed by atoms with E-state index >= 15 is 0 Å². The first kappa shape index (κ1) is 16.3. The molecule has 0 fully saturated rings. The third-order valence-electron chi connectivity index (χ3n) is 3.43. The van der Waals surface area contributed by atoms with Gasteiger partial charge in [0.2, 0.25) is 0 Å². The molecule has 0 amide bonds. The molecule has 0 bridgehead atoms. The van der Waals surface area contributed by atoms with Crippen LogP contribution in [0.1, 0.15) is 12.5 Å². The average Bonchev–Trinajstić information content (AvgIpc) is 2.55. The number of methoxy groups -OCH3 is 1. The number of ether oxygens (including phenoxy) is 1. The van der Waals surface area contributed by atoms with E-state index in [0.29, 0.717) is 13.2 Å². The third kappa shape index (κ3) is 5.04. The molecule has 0 atom stereocenters. The normalized spacial score (nSPS) is 11.6. The van der Waals surface area contributed by atoms with Gasteiger partial charge in [0.25, 0.3) is 0 Å². The summed E-state index contributed by atoms with van der Waals surface area (Å²) in [7, 11) is 1.69. The Kier molecular flexibility index (Phi) is 6.71. The molecule has 2 N–H and O–H groups in total. The van der Waals surface area contributed by atoms with Crippen LogP contribution in [0.5, 0.6) is 0 Å². The molecule has 2 rings (SSSR count). The summed E-state index contributed by atoms with van der Waals surface area (Å²) < 4.78 is 5.02. The fraction of sp³-hybridized carbons (Fsp3) is 0.389. The minimum Gasteiger partial charge on any atom is -0.383 e. The third-order valence-corrected chi connectivity index (χ3v) is 3.43. The smallest absolute Gasteiger partial charge is 0.191 e. The molecule has 4 heteroatoms. The molecule has 4 nitrogen and oxygen atoms in total. The molecule has 2 aromatic rings. The van der Waals surface area contributed by atoms with Crippen LogP contribution in [-0.2, 0) is 11.2 Å². The molecule has 0 aliphatic carbocycles. The molecule has 0 spiro atoms. The maximum absolute atomic E-state index is 5.02. The van der Waals surface area contributed by atoms with Gasteiger partial charge in [-0.15, -0.1) is 0 Å². The van der Waals surface area contributed by atoms with Crippen LogP contribution in [0, 0.1) is 0 Å². The highest BCUT2D eigenvalue weighted by Gasteiger charge is 1.99. The molecule has 0 aliphatic rings. The second-order valence-corrected chi connectivity index (χ2v) is 5.11. The Morgan fingerprint density at radius 1 is 1.09 bits per heavy atom. The molecule has 0 unspecified atom stereocenters. The quantitative estimate of drug-likeness (QED) is 0.469. The minimum atomic E-state index is 0.640. The van der Waals surface area contributed by atoms with Gasteiger partial charge in [0.1, 0.15) is 0 Å². The van der Waals surface area contributed by atoms with E-state index in [9.17, 15) is 0 Å². The fourth-order valence-electron chi connectivity index (χ4n) is 2.31. The Labute approximate surface area is 132 Å². The summed E-state index contributed by atoms with van der Waals surface area (Å²) in [5.74, 6) is 0.848. The highest BCUT2D eigenvalue weighted by Crippen LogP contribution is 2.15. The summed E-state index contributed by atoms with van der Waals surface area (Å²) in [4.78, 5) is 4.45. The number of aliphatic imine (C=N–C) groups is 1. The average molecular weight is 299 g/mol. The topological polar surface area (TPSA) is 45.7 Å². The molecule has 0 saturated carbocycles. The Morgan fingerprint density at radius 3 is 2.68 bits per heavy atom. The maximum Gasteiger partial charge on any atom is 0.191 e. The number of benzene rings is 2. The molecule has 0 radical (unpaired) electrons. The van der Waals surface area contributed by atoms with E-state index in [2.05, 4.69) is 65.0 Å². The van der Waals surface area contributed by atoms with E-state index in [1.807, 2.05) is 0 Å². The number of rotatable bonds is 7. The van der Waals surface area contributed by atoms with E-state index < -0.39 is 0 Å². The van der Waals surface area contributed by atoms with Crippen LogP contribution in [0.4, 0.5) is 0 Å². The zero-order chi connectivity index (χ0) is 15.6. The first-order valence-electron chi connectivity index (χ1n) is 7.82. The second kappa shape index (κ2) is 9.05. The Hall–Kier alpha value is -2.07. The van der Waals surface area contributed by atoms with Gasteiger partial charge < -0.3 is 15.4 Å². The van der Waals surface area contributed by atoms with Crippen molar-refractivity contribution in [3.63, 3.8) is 0 Å². The number of guanidine groups is 1. The van der Waals surface area contributed by atoms with Gasteiger partial charge in [0, 0.05) is 20.2 Å². The van der Waals surface area contributed by atoms with Crippen molar-refractivity contribution in [2.24, 2.45) is 4.99 Å². The number of hydrogen-bond donors (Lipinski definition) is 2. The van der Waals surface area contributed by atoms with Crippen molar-refractivity contribution in [2.75, 3.05) is 33.4 Å². The van der Waals surface area contributed by atoms with Crippen LogP contribution in [0.25, 0.3) is 10.8 Å². The van der Waals surface area contributed by atoms with Gasteiger partial charge >= 0.3 is 0 Å². The summed E-state index contributed by atoms with van der Waals surface area (Å²) in [6, 6.07) is 15.1. The number of nitrogens with one attached hydrogen (secondary N) is 2. The van der Waals surface area contributed by atoms with Gasteiger partial charge in [-0.05, 0) is 29.7 Å². The lowest BCUT2D eigenvalue weighted by molar-refractivity contribution is 0.208. The van der Waals surface area contributed by atoms with Crippen LogP contribution >= 0.6 is 0 Å². The van der Waals surface area contributed by atoms with Crippen molar-refractivity contribution < 1.29 is 4.74 Å². The lowest BCUT2D eigenvalue weighted by atomic mass is 10.1. The summed E-state index contributed by atoms with van der Waals surface area (Å²) in [5, 5.41) is 9.18. The van der Waals surface area contributed by atoms with Crippen LogP contribution < -0.4 is 10.6 Å². The Morgan fingerprint density at radius 2 is 1.91 bits per heavy atom. The van der Waals surface area contributed by atoms with Crippen LogP contribution in [0.15, 0.2) is 47.5 Å². The van der Waals surface area contributed by atoms with Crippen molar-refractivity contribution in [3.8, 4) is 0 Å². The van der Waals surface area contributed by atoms with E-state index in [0.717, 1.165) is 25.5 Å². The van der Waals surface area contributed by atoms with Crippen LogP contribution in [0.3, 0.4) is 0 Å². The van der Waals surface area contributed by atoms with Crippen LogP contribution in [0.2, 0.25) is 0 Å². The summed E-state index contributed by atoms with van der Waals surface area (Å²) in [6.45, 7) is 5.09. The van der Waals surface area contributed by atoms with Gasteiger partial charge in [-0.3, -0.25) is 4.99 Å². The highest BCUT2D eigenvalue weighted by atomic mass is 16.5. The minimum absolute atomic E-state index is 0.640. The molecular formula is C18H25N3O. The predicted octanol–water partition coefficient (Wildman–Crippen LogP) is 2.58. The summed E-state index contributed by atoms with van der Waals surface area (Å²) in [5.41, 5.74) is 1.33. The summed E-state index contributed by atoms with van der Waals surface area (Å²) >= 11 is 0. The van der Waals surface area contributed by atoms with Crippen molar-refractivity contribution in [3.05, 3.63) is 48.0 Å². The van der Waals surface area contributed by atoms with Gasteiger partial charge in [-0.2, -0.15) is 0 Å².